The third kappa shape index (κ3) is 8.99. The molecule has 0 aromatic heterocycles. The summed E-state index contributed by atoms with van der Waals surface area (Å²) in [7, 11) is -4.26. The lowest BCUT2D eigenvalue weighted by molar-refractivity contribution is 0.180. The Balaban J connectivity index is 0.000000162. The lowest BCUT2D eigenvalue weighted by Crippen LogP contribution is -1.98. The first-order valence-corrected chi connectivity index (χ1v) is 6.47. The molecule has 7 heteroatoms. The first-order valence-electron chi connectivity index (χ1n) is 4.94. The van der Waals surface area contributed by atoms with Gasteiger partial charge in [-0.15, -0.1) is 0 Å². The zero-order chi connectivity index (χ0) is 11.3. The molecule has 0 amide bonds. The molecule has 2 aliphatic rings. The van der Waals surface area contributed by atoms with E-state index in [-0.39, 0.29) is 12.7 Å². The van der Waals surface area contributed by atoms with Crippen molar-refractivity contribution in [2.24, 2.45) is 0 Å². The van der Waals surface area contributed by atoms with Crippen molar-refractivity contribution in [2.75, 3.05) is 19.8 Å². The van der Waals surface area contributed by atoms with Crippen molar-refractivity contribution >= 4 is 7.82 Å². The van der Waals surface area contributed by atoms with Crippen molar-refractivity contribution in [3.8, 4) is 0 Å². The van der Waals surface area contributed by atoms with Gasteiger partial charge in [0.05, 0.1) is 25.9 Å². The van der Waals surface area contributed by atoms with E-state index in [9.17, 15) is 4.57 Å². The Morgan fingerprint density at radius 1 is 1.33 bits per heavy atom. The molecular weight excluding hydrogens is 223 g/mol. The highest BCUT2D eigenvalue weighted by molar-refractivity contribution is 7.46. The number of rotatable bonds is 5. The molecule has 2 rings (SSSR count). The minimum atomic E-state index is -4.26. The van der Waals surface area contributed by atoms with Crippen molar-refractivity contribution in [1.29, 1.82) is 0 Å². The molecule has 2 aliphatic heterocycles. The first kappa shape index (κ1) is 13.1. The Morgan fingerprint density at radius 2 is 1.87 bits per heavy atom. The standard InChI is InChI=1S/C5H10O.C3H7O5P/c1-2-3-5-4-6-5;4-9(5,6)8-2-3-1-7-3/h5H,2-4H2,1H3;3H,1-2H2,(H2,4,5,6). The fraction of sp³-hybridized carbons (Fsp3) is 1.00. The number of phosphoric ester groups is 1. The normalized spacial score (nSPS) is 27.9. The summed E-state index contributed by atoms with van der Waals surface area (Å²) in [6.07, 6.45) is 3.08. The molecule has 2 unspecified atom stereocenters. The van der Waals surface area contributed by atoms with Gasteiger partial charge in [0.2, 0.25) is 0 Å². The van der Waals surface area contributed by atoms with E-state index in [4.69, 9.17) is 14.5 Å². The Labute approximate surface area is 88.8 Å². The van der Waals surface area contributed by atoms with Crippen molar-refractivity contribution in [1.82, 2.24) is 0 Å². The lowest BCUT2D eigenvalue weighted by Gasteiger charge is -2.00. The van der Waals surface area contributed by atoms with E-state index >= 15 is 0 Å². The quantitative estimate of drug-likeness (QED) is 0.542. The maximum atomic E-state index is 9.98. The van der Waals surface area contributed by atoms with Crippen LogP contribution in [-0.4, -0.2) is 41.8 Å². The van der Waals surface area contributed by atoms with E-state index in [1.807, 2.05) is 0 Å². The van der Waals surface area contributed by atoms with Crippen LogP contribution in [0.2, 0.25) is 0 Å². The van der Waals surface area contributed by atoms with Crippen LogP contribution in [0.25, 0.3) is 0 Å². The summed E-state index contributed by atoms with van der Waals surface area (Å²) in [5.41, 5.74) is 0. The molecule has 0 bridgehead atoms. The number of hydrogen-bond acceptors (Lipinski definition) is 4. The second-order valence-corrected chi connectivity index (χ2v) is 4.73. The van der Waals surface area contributed by atoms with E-state index in [1.54, 1.807) is 0 Å². The van der Waals surface area contributed by atoms with Crippen LogP contribution >= 0.6 is 7.82 Å². The zero-order valence-electron chi connectivity index (χ0n) is 8.66. The molecule has 2 fully saturated rings. The summed E-state index contributed by atoms with van der Waals surface area (Å²) in [6, 6.07) is 0. The Bertz CT molecular complexity index is 219. The van der Waals surface area contributed by atoms with E-state index in [0.717, 1.165) is 6.61 Å². The van der Waals surface area contributed by atoms with E-state index < -0.39 is 7.82 Å². The van der Waals surface area contributed by atoms with Gasteiger partial charge in [0.15, 0.2) is 0 Å². The molecule has 90 valence electrons. The second-order valence-electron chi connectivity index (χ2n) is 3.49. The van der Waals surface area contributed by atoms with E-state index in [2.05, 4.69) is 16.2 Å². The molecule has 2 N–H and O–H groups in total. The topological polar surface area (TPSA) is 91.8 Å². The van der Waals surface area contributed by atoms with Crippen molar-refractivity contribution in [3.05, 3.63) is 0 Å². The maximum absolute atomic E-state index is 9.98. The van der Waals surface area contributed by atoms with Crippen LogP contribution in [0.1, 0.15) is 19.8 Å². The van der Waals surface area contributed by atoms with Crippen LogP contribution in [0.4, 0.5) is 0 Å². The van der Waals surface area contributed by atoms with Crippen molar-refractivity contribution in [3.63, 3.8) is 0 Å². The Morgan fingerprint density at radius 3 is 2.13 bits per heavy atom. The molecule has 0 spiro atoms. The maximum Gasteiger partial charge on any atom is 0.469 e. The van der Waals surface area contributed by atoms with Gasteiger partial charge in [-0.05, 0) is 6.42 Å². The lowest BCUT2D eigenvalue weighted by atomic mass is 10.3. The van der Waals surface area contributed by atoms with Crippen molar-refractivity contribution < 1.29 is 28.3 Å². The molecule has 2 heterocycles. The monoisotopic (exact) mass is 240 g/mol. The smallest absolute Gasteiger partial charge is 0.373 e. The average molecular weight is 240 g/mol. The van der Waals surface area contributed by atoms with E-state index in [1.165, 1.54) is 12.8 Å². The van der Waals surface area contributed by atoms with Gasteiger partial charge in [-0.1, -0.05) is 13.3 Å². The molecule has 0 aliphatic carbocycles. The van der Waals surface area contributed by atoms with Gasteiger partial charge < -0.3 is 19.3 Å². The third-order valence-corrected chi connectivity index (χ3v) is 2.33. The first-order chi connectivity index (χ1) is 7.01. The second kappa shape index (κ2) is 5.94. The summed E-state index contributed by atoms with van der Waals surface area (Å²) in [5, 5.41) is 0. The highest BCUT2D eigenvalue weighted by Gasteiger charge is 2.26. The molecule has 0 saturated carbocycles. The van der Waals surface area contributed by atoms with Crippen LogP contribution in [0, 0.1) is 0 Å². The van der Waals surface area contributed by atoms with Gasteiger partial charge in [0.1, 0.15) is 6.10 Å². The zero-order valence-corrected chi connectivity index (χ0v) is 9.56. The largest absolute Gasteiger partial charge is 0.469 e. The molecular formula is C8H17O6P. The predicted octanol–water partition coefficient (Wildman–Crippen LogP) is 0.680. The van der Waals surface area contributed by atoms with E-state index in [0.29, 0.717) is 12.7 Å². The Kier molecular flexibility index (Phi) is 5.18. The van der Waals surface area contributed by atoms with Crippen molar-refractivity contribution in [2.45, 2.75) is 32.0 Å². The molecule has 6 nitrogen and oxygen atoms in total. The Hall–Kier alpha value is 0.0300. The summed E-state index contributed by atoms with van der Waals surface area (Å²) in [5.74, 6) is 0. The molecule has 0 aromatic rings. The summed E-state index contributed by atoms with van der Waals surface area (Å²) < 4.78 is 23.7. The van der Waals surface area contributed by atoms with Gasteiger partial charge in [-0.25, -0.2) is 4.57 Å². The number of hydrogen-bond donors (Lipinski definition) is 2. The highest BCUT2D eigenvalue weighted by Crippen LogP contribution is 2.36. The van der Waals surface area contributed by atoms with Gasteiger partial charge in [0, 0.05) is 0 Å². The third-order valence-electron chi connectivity index (χ3n) is 1.84. The summed E-state index contributed by atoms with van der Waals surface area (Å²) in [4.78, 5) is 16.3. The van der Waals surface area contributed by atoms with Gasteiger partial charge >= 0.3 is 7.82 Å². The van der Waals surface area contributed by atoms with Gasteiger partial charge in [0.25, 0.3) is 0 Å². The van der Waals surface area contributed by atoms with Crippen LogP contribution < -0.4 is 0 Å². The number of phosphoric acid groups is 1. The van der Waals surface area contributed by atoms with Crippen LogP contribution in [0.5, 0.6) is 0 Å². The fourth-order valence-corrected chi connectivity index (χ4v) is 1.26. The minimum absolute atomic E-state index is 0.00965. The number of epoxide rings is 2. The predicted molar refractivity (Wildman–Crippen MR) is 52.4 cm³/mol. The average Bonchev–Trinajstić information content (AvgIpc) is 2.98. The summed E-state index contributed by atoms with van der Waals surface area (Å²) in [6.45, 7) is 3.74. The van der Waals surface area contributed by atoms with Gasteiger partial charge in [-0.2, -0.15) is 0 Å². The van der Waals surface area contributed by atoms with Crippen LogP contribution in [0.3, 0.4) is 0 Å². The highest BCUT2D eigenvalue weighted by atomic mass is 31.2. The SMILES string of the molecule is CCCC1CO1.O=P(O)(O)OCC1CO1. The molecule has 0 radical (unpaired) electrons. The molecule has 2 saturated heterocycles. The van der Waals surface area contributed by atoms with Gasteiger partial charge in [-0.3, -0.25) is 4.52 Å². The fourth-order valence-electron chi connectivity index (χ4n) is 0.901. The summed E-state index contributed by atoms with van der Waals surface area (Å²) >= 11 is 0. The molecule has 15 heavy (non-hydrogen) atoms. The van der Waals surface area contributed by atoms with Crippen LogP contribution in [-0.2, 0) is 18.6 Å². The molecule has 0 aromatic carbocycles. The van der Waals surface area contributed by atoms with Crippen LogP contribution in [0.15, 0.2) is 0 Å². The number of ether oxygens (including phenoxy) is 2. The molecule has 2 atom stereocenters. The minimum Gasteiger partial charge on any atom is -0.373 e.